The molecule has 0 fully saturated rings. The lowest BCUT2D eigenvalue weighted by Crippen LogP contribution is -2.20. The summed E-state index contributed by atoms with van der Waals surface area (Å²) in [6, 6.07) is 18.0. The fraction of sp³-hybridized carbons (Fsp3) is 0.348. The molecule has 0 bridgehead atoms. The number of carbonyl (C=O) groups is 1. The molecule has 1 heterocycles. The molecule has 1 aromatic heterocycles. The number of benzene rings is 2. The van der Waals surface area contributed by atoms with Crippen LogP contribution in [0.3, 0.4) is 0 Å². The van der Waals surface area contributed by atoms with E-state index in [2.05, 4.69) is 22.3 Å². The number of aromatic nitrogens is 3. The van der Waals surface area contributed by atoms with Crippen LogP contribution < -0.4 is 4.74 Å². The summed E-state index contributed by atoms with van der Waals surface area (Å²) in [7, 11) is 0. The minimum atomic E-state index is -0.324. The number of hydrogen-bond acceptors (Lipinski definition) is 6. The fourth-order valence-corrected chi connectivity index (χ4v) is 3.85. The lowest BCUT2D eigenvalue weighted by molar-refractivity contribution is -0.142. The molecular formula is C23H27N3O3S. The summed E-state index contributed by atoms with van der Waals surface area (Å²) in [6.45, 7) is 7.07. The molecule has 0 radical (unpaired) electrons. The summed E-state index contributed by atoms with van der Waals surface area (Å²) < 4.78 is 13.1. The van der Waals surface area contributed by atoms with Gasteiger partial charge in [-0.1, -0.05) is 66.7 Å². The molecule has 2 aromatic carbocycles. The van der Waals surface area contributed by atoms with Crippen molar-refractivity contribution in [1.82, 2.24) is 14.8 Å². The summed E-state index contributed by atoms with van der Waals surface area (Å²) in [5, 5.41) is 9.07. The van der Waals surface area contributed by atoms with Crippen molar-refractivity contribution in [1.29, 1.82) is 0 Å². The van der Waals surface area contributed by atoms with Crippen LogP contribution in [0.25, 0.3) is 0 Å². The standard InChI is InChI=1S/C23H27N3O3S/c1-4-20(22(27)28-5-2)30-23-25-24-21(16-29-19-13-11-17(3)12-14-19)26(23)15-18-9-7-6-8-10-18/h6-14,20H,4-5,15-16H2,1-3H3. The molecule has 0 spiro atoms. The van der Waals surface area contributed by atoms with Gasteiger partial charge in [-0.3, -0.25) is 9.36 Å². The number of thioether (sulfide) groups is 1. The number of hydrogen-bond donors (Lipinski definition) is 0. The molecule has 0 aliphatic rings. The molecule has 1 atom stereocenters. The van der Waals surface area contributed by atoms with Crippen molar-refractivity contribution in [3.05, 3.63) is 71.5 Å². The monoisotopic (exact) mass is 425 g/mol. The number of aryl methyl sites for hydroxylation is 1. The Morgan fingerprint density at radius 3 is 2.47 bits per heavy atom. The molecule has 3 rings (SSSR count). The van der Waals surface area contributed by atoms with Gasteiger partial charge in [0.05, 0.1) is 13.2 Å². The van der Waals surface area contributed by atoms with E-state index in [4.69, 9.17) is 9.47 Å². The number of nitrogens with zero attached hydrogens (tertiary/aromatic N) is 3. The van der Waals surface area contributed by atoms with Gasteiger partial charge in [0.15, 0.2) is 11.0 Å². The van der Waals surface area contributed by atoms with Gasteiger partial charge in [-0.25, -0.2) is 0 Å². The van der Waals surface area contributed by atoms with Crippen molar-refractivity contribution >= 4 is 17.7 Å². The van der Waals surface area contributed by atoms with E-state index in [1.165, 1.54) is 17.3 Å². The second-order valence-corrected chi connectivity index (χ2v) is 8.01. The first kappa shape index (κ1) is 21.9. The van der Waals surface area contributed by atoms with Crippen LogP contribution in [0.2, 0.25) is 0 Å². The van der Waals surface area contributed by atoms with Crippen LogP contribution >= 0.6 is 11.8 Å². The number of esters is 1. The van der Waals surface area contributed by atoms with Gasteiger partial charge in [0.1, 0.15) is 17.6 Å². The van der Waals surface area contributed by atoms with E-state index in [1.807, 2.05) is 67.8 Å². The highest BCUT2D eigenvalue weighted by molar-refractivity contribution is 8.00. The summed E-state index contributed by atoms with van der Waals surface area (Å²) in [5.74, 6) is 1.26. The van der Waals surface area contributed by atoms with Crippen LogP contribution in [-0.2, 0) is 22.7 Å². The lowest BCUT2D eigenvalue weighted by Gasteiger charge is -2.15. The highest BCUT2D eigenvalue weighted by Crippen LogP contribution is 2.27. The van der Waals surface area contributed by atoms with Gasteiger partial charge < -0.3 is 9.47 Å². The van der Waals surface area contributed by atoms with Crippen molar-refractivity contribution < 1.29 is 14.3 Å². The SMILES string of the molecule is CCOC(=O)C(CC)Sc1nnc(COc2ccc(C)cc2)n1Cc1ccccc1. The van der Waals surface area contributed by atoms with Gasteiger partial charge in [0.2, 0.25) is 0 Å². The molecule has 0 saturated carbocycles. The normalized spacial score (nSPS) is 11.8. The average Bonchev–Trinajstić information content (AvgIpc) is 3.13. The summed E-state index contributed by atoms with van der Waals surface area (Å²) in [4.78, 5) is 12.3. The highest BCUT2D eigenvalue weighted by atomic mass is 32.2. The van der Waals surface area contributed by atoms with E-state index < -0.39 is 0 Å². The molecule has 6 nitrogen and oxygen atoms in total. The Balaban J connectivity index is 1.82. The van der Waals surface area contributed by atoms with Crippen LogP contribution in [0.4, 0.5) is 0 Å². The average molecular weight is 426 g/mol. The van der Waals surface area contributed by atoms with E-state index in [-0.39, 0.29) is 11.2 Å². The molecule has 0 aliphatic heterocycles. The zero-order chi connectivity index (χ0) is 21.3. The Labute approximate surface area is 181 Å². The Morgan fingerprint density at radius 2 is 1.80 bits per heavy atom. The number of ether oxygens (including phenoxy) is 2. The molecule has 0 aliphatic carbocycles. The first-order valence-corrected chi connectivity index (χ1v) is 11.0. The molecule has 0 saturated heterocycles. The first-order chi connectivity index (χ1) is 14.6. The predicted molar refractivity (Wildman–Crippen MR) is 118 cm³/mol. The van der Waals surface area contributed by atoms with E-state index >= 15 is 0 Å². The van der Waals surface area contributed by atoms with Crippen LogP contribution in [0.5, 0.6) is 5.75 Å². The highest BCUT2D eigenvalue weighted by Gasteiger charge is 2.24. The van der Waals surface area contributed by atoms with Crippen molar-refractivity contribution in [3.63, 3.8) is 0 Å². The van der Waals surface area contributed by atoms with Crippen LogP contribution in [-0.4, -0.2) is 32.6 Å². The lowest BCUT2D eigenvalue weighted by atomic mass is 10.2. The van der Waals surface area contributed by atoms with E-state index in [0.29, 0.717) is 37.2 Å². The van der Waals surface area contributed by atoms with Gasteiger partial charge in [0, 0.05) is 0 Å². The Morgan fingerprint density at radius 1 is 1.07 bits per heavy atom. The van der Waals surface area contributed by atoms with Gasteiger partial charge in [-0.15, -0.1) is 10.2 Å². The van der Waals surface area contributed by atoms with E-state index in [9.17, 15) is 4.79 Å². The zero-order valence-corrected chi connectivity index (χ0v) is 18.4. The van der Waals surface area contributed by atoms with Gasteiger partial charge in [-0.2, -0.15) is 0 Å². The molecule has 158 valence electrons. The third-order valence-electron chi connectivity index (χ3n) is 4.53. The summed E-state index contributed by atoms with van der Waals surface area (Å²) in [6.07, 6.45) is 0.650. The fourth-order valence-electron chi connectivity index (χ4n) is 2.88. The van der Waals surface area contributed by atoms with E-state index in [1.54, 1.807) is 0 Å². The van der Waals surface area contributed by atoms with Crippen molar-refractivity contribution in [2.75, 3.05) is 6.61 Å². The minimum absolute atomic E-state index is 0.225. The predicted octanol–water partition coefficient (Wildman–Crippen LogP) is 4.65. The molecule has 7 heteroatoms. The minimum Gasteiger partial charge on any atom is -0.486 e. The number of rotatable bonds is 10. The van der Waals surface area contributed by atoms with Crippen molar-refractivity contribution in [2.45, 2.75) is 50.8 Å². The molecule has 30 heavy (non-hydrogen) atoms. The van der Waals surface area contributed by atoms with Crippen molar-refractivity contribution in [3.8, 4) is 5.75 Å². The molecule has 0 amide bonds. The Hall–Kier alpha value is -2.80. The van der Waals surface area contributed by atoms with Crippen LogP contribution in [0.15, 0.2) is 59.8 Å². The number of carbonyl (C=O) groups excluding carboxylic acids is 1. The Bertz CT molecular complexity index is 942. The first-order valence-electron chi connectivity index (χ1n) is 10.1. The van der Waals surface area contributed by atoms with E-state index in [0.717, 1.165) is 11.3 Å². The van der Waals surface area contributed by atoms with Crippen molar-refractivity contribution in [2.24, 2.45) is 0 Å². The molecule has 1 unspecified atom stereocenters. The maximum absolute atomic E-state index is 12.3. The second-order valence-electron chi connectivity index (χ2n) is 6.84. The van der Waals surface area contributed by atoms with Gasteiger partial charge in [-0.05, 0) is 38.0 Å². The maximum atomic E-state index is 12.3. The molecule has 3 aromatic rings. The smallest absolute Gasteiger partial charge is 0.319 e. The zero-order valence-electron chi connectivity index (χ0n) is 17.6. The largest absolute Gasteiger partial charge is 0.486 e. The van der Waals surface area contributed by atoms with Crippen LogP contribution in [0.1, 0.15) is 37.2 Å². The topological polar surface area (TPSA) is 66.2 Å². The third-order valence-corrected chi connectivity index (χ3v) is 5.86. The summed E-state index contributed by atoms with van der Waals surface area (Å²) >= 11 is 1.39. The van der Waals surface area contributed by atoms with Crippen LogP contribution in [0, 0.1) is 6.92 Å². The maximum Gasteiger partial charge on any atom is 0.319 e. The summed E-state index contributed by atoms with van der Waals surface area (Å²) in [5.41, 5.74) is 2.30. The molecular weight excluding hydrogens is 398 g/mol. The Kier molecular flexibility index (Phi) is 7.90. The third kappa shape index (κ3) is 5.86. The second kappa shape index (κ2) is 10.8. The molecule has 0 N–H and O–H groups in total. The van der Waals surface area contributed by atoms with Gasteiger partial charge in [0.25, 0.3) is 0 Å². The quantitative estimate of drug-likeness (QED) is 0.348. The van der Waals surface area contributed by atoms with Gasteiger partial charge >= 0.3 is 5.97 Å².